The molecule has 0 atom stereocenters. The molecule has 1 N–H and O–H groups in total. The number of anilines is 1. The van der Waals surface area contributed by atoms with Crippen LogP contribution in [0.4, 0.5) is 5.88 Å². The molecule has 0 aliphatic heterocycles. The number of nitriles is 1. The van der Waals surface area contributed by atoms with E-state index >= 15 is 0 Å². The molecule has 1 aromatic carbocycles. The topological polar surface area (TPSA) is 75.0 Å². The van der Waals surface area contributed by atoms with E-state index in [1.807, 2.05) is 36.4 Å². The standard InChI is InChI=1S/C15H11N3O2/c16-9-12-14(17-10-11-5-2-1-3-6-11)20-15(18-12)13-7-4-8-19-13/h1-8,17H,10H2. The molecule has 5 heteroatoms. The van der Waals surface area contributed by atoms with Crippen molar-refractivity contribution in [1.29, 1.82) is 5.26 Å². The number of furan rings is 1. The molecule has 0 saturated carbocycles. The minimum absolute atomic E-state index is 0.215. The molecule has 3 aromatic rings. The monoisotopic (exact) mass is 265 g/mol. The van der Waals surface area contributed by atoms with Crippen LogP contribution in [-0.4, -0.2) is 4.98 Å². The van der Waals surface area contributed by atoms with Crippen LogP contribution in [0.2, 0.25) is 0 Å². The van der Waals surface area contributed by atoms with Crippen molar-refractivity contribution in [3.8, 4) is 17.7 Å². The van der Waals surface area contributed by atoms with Gasteiger partial charge in [0.15, 0.2) is 5.76 Å². The van der Waals surface area contributed by atoms with E-state index < -0.39 is 0 Å². The molecule has 0 aliphatic rings. The molecule has 0 aliphatic carbocycles. The Bertz CT molecular complexity index is 724. The summed E-state index contributed by atoms with van der Waals surface area (Å²) in [6.07, 6.45) is 1.53. The van der Waals surface area contributed by atoms with Crippen LogP contribution in [0.5, 0.6) is 0 Å². The fourth-order valence-corrected chi connectivity index (χ4v) is 1.80. The van der Waals surface area contributed by atoms with Crippen molar-refractivity contribution in [1.82, 2.24) is 4.98 Å². The molecule has 0 bridgehead atoms. The SMILES string of the molecule is N#Cc1nc(-c2ccco2)oc1NCc1ccccc1. The van der Waals surface area contributed by atoms with Gasteiger partial charge in [-0.15, -0.1) is 0 Å². The van der Waals surface area contributed by atoms with Crippen LogP contribution in [0.1, 0.15) is 11.3 Å². The molecule has 2 aromatic heterocycles. The molecule has 98 valence electrons. The lowest BCUT2D eigenvalue weighted by Crippen LogP contribution is -1.99. The summed E-state index contributed by atoms with van der Waals surface area (Å²) in [6.45, 7) is 0.558. The minimum Gasteiger partial charge on any atom is -0.459 e. The Labute approximate surface area is 115 Å². The summed E-state index contributed by atoms with van der Waals surface area (Å²) in [6, 6.07) is 15.3. The number of aromatic nitrogens is 1. The predicted molar refractivity (Wildman–Crippen MR) is 72.7 cm³/mol. The third kappa shape index (κ3) is 2.40. The van der Waals surface area contributed by atoms with Gasteiger partial charge in [0.05, 0.1) is 6.26 Å². The van der Waals surface area contributed by atoms with Crippen molar-refractivity contribution in [3.05, 3.63) is 60.0 Å². The molecule has 20 heavy (non-hydrogen) atoms. The number of hydrogen-bond donors (Lipinski definition) is 1. The molecule has 0 amide bonds. The van der Waals surface area contributed by atoms with Gasteiger partial charge in [0, 0.05) is 6.54 Å². The average Bonchev–Trinajstić information content (AvgIpc) is 3.15. The van der Waals surface area contributed by atoms with E-state index in [4.69, 9.17) is 14.1 Å². The van der Waals surface area contributed by atoms with E-state index in [1.165, 1.54) is 6.26 Å². The quantitative estimate of drug-likeness (QED) is 0.782. The third-order valence-electron chi connectivity index (χ3n) is 2.76. The van der Waals surface area contributed by atoms with E-state index in [9.17, 15) is 0 Å². The zero-order valence-corrected chi connectivity index (χ0v) is 10.5. The third-order valence-corrected chi connectivity index (χ3v) is 2.76. The van der Waals surface area contributed by atoms with Crippen LogP contribution < -0.4 is 5.32 Å². The summed E-state index contributed by atoms with van der Waals surface area (Å²) >= 11 is 0. The van der Waals surface area contributed by atoms with Gasteiger partial charge in [0.25, 0.3) is 5.89 Å². The van der Waals surface area contributed by atoms with Crippen molar-refractivity contribution >= 4 is 5.88 Å². The molecule has 0 saturated heterocycles. The van der Waals surface area contributed by atoms with Crippen LogP contribution in [-0.2, 0) is 6.54 Å². The molecule has 0 fully saturated rings. The molecular weight excluding hydrogens is 254 g/mol. The fraction of sp³-hybridized carbons (Fsp3) is 0.0667. The van der Waals surface area contributed by atoms with E-state index in [-0.39, 0.29) is 5.69 Å². The van der Waals surface area contributed by atoms with Gasteiger partial charge in [-0.3, -0.25) is 0 Å². The predicted octanol–water partition coefficient (Wildman–Crippen LogP) is 3.42. The second-order valence-corrected chi connectivity index (χ2v) is 4.13. The Balaban J connectivity index is 1.81. The van der Waals surface area contributed by atoms with Gasteiger partial charge in [0.2, 0.25) is 11.6 Å². The maximum Gasteiger partial charge on any atom is 0.266 e. The Morgan fingerprint density at radius 2 is 2.00 bits per heavy atom. The van der Waals surface area contributed by atoms with E-state index in [0.29, 0.717) is 24.1 Å². The van der Waals surface area contributed by atoms with E-state index in [0.717, 1.165) is 5.56 Å². The van der Waals surface area contributed by atoms with E-state index in [2.05, 4.69) is 10.3 Å². The lowest BCUT2D eigenvalue weighted by molar-refractivity contribution is 0.523. The Morgan fingerprint density at radius 3 is 2.70 bits per heavy atom. The highest BCUT2D eigenvalue weighted by Crippen LogP contribution is 2.25. The van der Waals surface area contributed by atoms with Crippen LogP contribution in [0, 0.1) is 11.3 Å². The van der Waals surface area contributed by atoms with Crippen LogP contribution in [0.15, 0.2) is 57.6 Å². The molecule has 5 nitrogen and oxygen atoms in total. The number of benzene rings is 1. The molecule has 2 heterocycles. The summed E-state index contributed by atoms with van der Waals surface area (Å²) < 4.78 is 10.7. The fourth-order valence-electron chi connectivity index (χ4n) is 1.80. The number of nitrogens with one attached hydrogen (secondary N) is 1. The summed E-state index contributed by atoms with van der Waals surface area (Å²) in [4.78, 5) is 4.10. The molecular formula is C15H11N3O2. The zero-order chi connectivity index (χ0) is 13.8. The summed E-state index contributed by atoms with van der Waals surface area (Å²) in [5.74, 6) is 1.14. The Hall–Kier alpha value is -3.00. The van der Waals surface area contributed by atoms with Crippen molar-refractivity contribution in [2.75, 3.05) is 5.32 Å². The van der Waals surface area contributed by atoms with Crippen LogP contribution in [0.3, 0.4) is 0 Å². The van der Waals surface area contributed by atoms with Gasteiger partial charge in [-0.2, -0.15) is 10.2 Å². The van der Waals surface area contributed by atoms with Crippen molar-refractivity contribution in [3.63, 3.8) is 0 Å². The van der Waals surface area contributed by atoms with Crippen LogP contribution >= 0.6 is 0 Å². The average molecular weight is 265 g/mol. The lowest BCUT2D eigenvalue weighted by Gasteiger charge is -2.02. The first kappa shape index (κ1) is 12.1. The summed E-state index contributed by atoms with van der Waals surface area (Å²) in [5, 5.41) is 12.2. The van der Waals surface area contributed by atoms with Crippen molar-refractivity contribution in [2.24, 2.45) is 0 Å². The normalized spacial score (nSPS) is 10.2. The highest BCUT2D eigenvalue weighted by molar-refractivity contribution is 5.54. The minimum atomic E-state index is 0.215. The second-order valence-electron chi connectivity index (χ2n) is 4.13. The van der Waals surface area contributed by atoms with Gasteiger partial charge < -0.3 is 14.2 Å². The van der Waals surface area contributed by atoms with Gasteiger partial charge in [0.1, 0.15) is 6.07 Å². The lowest BCUT2D eigenvalue weighted by atomic mass is 10.2. The number of nitrogens with zero attached hydrogens (tertiary/aromatic N) is 2. The maximum atomic E-state index is 9.08. The molecule has 0 unspecified atom stereocenters. The van der Waals surface area contributed by atoms with Crippen molar-refractivity contribution in [2.45, 2.75) is 6.54 Å². The first-order chi connectivity index (χ1) is 9.86. The van der Waals surface area contributed by atoms with Gasteiger partial charge in [-0.25, -0.2) is 0 Å². The number of rotatable bonds is 4. The largest absolute Gasteiger partial charge is 0.459 e. The molecule has 0 spiro atoms. The molecule has 0 radical (unpaired) electrons. The highest BCUT2D eigenvalue weighted by atomic mass is 16.4. The van der Waals surface area contributed by atoms with Crippen LogP contribution in [0.25, 0.3) is 11.7 Å². The zero-order valence-electron chi connectivity index (χ0n) is 10.5. The highest BCUT2D eigenvalue weighted by Gasteiger charge is 2.15. The Kier molecular flexibility index (Phi) is 3.21. The van der Waals surface area contributed by atoms with E-state index in [1.54, 1.807) is 12.1 Å². The smallest absolute Gasteiger partial charge is 0.266 e. The summed E-state index contributed by atoms with van der Waals surface area (Å²) in [5.41, 5.74) is 1.31. The first-order valence-corrected chi connectivity index (χ1v) is 6.09. The van der Waals surface area contributed by atoms with Crippen molar-refractivity contribution < 1.29 is 8.83 Å². The van der Waals surface area contributed by atoms with Gasteiger partial charge >= 0.3 is 0 Å². The first-order valence-electron chi connectivity index (χ1n) is 6.09. The van der Waals surface area contributed by atoms with Gasteiger partial charge in [-0.1, -0.05) is 30.3 Å². The van der Waals surface area contributed by atoms with Gasteiger partial charge in [-0.05, 0) is 17.7 Å². The molecule has 3 rings (SSSR count). The number of hydrogen-bond acceptors (Lipinski definition) is 5. The maximum absolute atomic E-state index is 9.08. The Morgan fingerprint density at radius 1 is 1.15 bits per heavy atom. The number of oxazole rings is 1. The second kappa shape index (κ2) is 5.33. The summed E-state index contributed by atoms with van der Waals surface area (Å²) in [7, 11) is 0.